The minimum absolute atomic E-state index is 0.00284. The van der Waals surface area contributed by atoms with Crippen LogP contribution in [0, 0.1) is 0 Å². The van der Waals surface area contributed by atoms with Crippen molar-refractivity contribution in [1.82, 2.24) is 0 Å². The maximum atomic E-state index is 13.1. The van der Waals surface area contributed by atoms with Gasteiger partial charge in [-0.1, -0.05) is 34.1 Å². The first kappa shape index (κ1) is 16.2. The van der Waals surface area contributed by atoms with Crippen LogP contribution in [0.15, 0.2) is 46.9 Å². The van der Waals surface area contributed by atoms with Crippen molar-refractivity contribution < 1.29 is 17.9 Å². The number of benzene rings is 2. The van der Waals surface area contributed by atoms with Gasteiger partial charge in [0.05, 0.1) is 18.1 Å². The molecule has 0 aliphatic heterocycles. The second kappa shape index (κ2) is 6.28. The predicted octanol–water partition coefficient (Wildman–Crippen LogP) is 5.80. The van der Waals surface area contributed by atoms with Crippen LogP contribution in [-0.2, 0) is 6.18 Å². The molecule has 1 atom stereocenters. The summed E-state index contributed by atoms with van der Waals surface area (Å²) < 4.78 is 45.2. The van der Waals surface area contributed by atoms with Gasteiger partial charge in [-0.05, 0) is 29.8 Å². The zero-order chi connectivity index (χ0) is 15.6. The molecule has 1 nitrogen and oxygen atoms in total. The summed E-state index contributed by atoms with van der Waals surface area (Å²) in [4.78, 5) is 0. The highest BCUT2D eigenvalue weighted by Gasteiger charge is 2.35. The minimum Gasteiger partial charge on any atom is -0.496 e. The molecule has 6 heteroatoms. The van der Waals surface area contributed by atoms with Crippen LogP contribution in [0.5, 0.6) is 5.75 Å². The van der Waals surface area contributed by atoms with Gasteiger partial charge in [-0.25, -0.2) is 0 Å². The Kier molecular flexibility index (Phi) is 4.84. The molecule has 2 aromatic rings. The normalized spacial score (nSPS) is 13.0. The van der Waals surface area contributed by atoms with E-state index in [2.05, 4.69) is 15.9 Å². The van der Waals surface area contributed by atoms with E-state index in [4.69, 9.17) is 16.3 Å². The molecule has 1 unspecified atom stereocenters. The first-order valence-electron chi connectivity index (χ1n) is 5.98. The predicted molar refractivity (Wildman–Crippen MR) is 79.8 cm³/mol. The van der Waals surface area contributed by atoms with Crippen LogP contribution in [0.3, 0.4) is 0 Å². The average molecular weight is 380 g/mol. The monoisotopic (exact) mass is 378 g/mol. The fraction of sp³-hybridized carbons (Fsp3) is 0.200. The summed E-state index contributed by atoms with van der Waals surface area (Å²) in [6, 6.07) is 10.3. The molecular formula is C15H11BrClF3O. The van der Waals surface area contributed by atoms with Crippen LogP contribution < -0.4 is 4.74 Å². The summed E-state index contributed by atoms with van der Waals surface area (Å²) in [6.45, 7) is 0. The lowest BCUT2D eigenvalue weighted by molar-refractivity contribution is -0.138. The van der Waals surface area contributed by atoms with Crippen molar-refractivity contribution in [3.63, 3.8) is 0 Å². The van der Waals surface area contributed by atoms with Crippen molar-refractivity contribution in [3.8, 4) is 5.75 Å². The maximum Gasteiger partial charge on any atom is 0.416 e. The van der Waals surface area contributed by atoms with Crippen LogP contribution >= 0.6 is 27.5 Å². The summed E-state index contributed by atoms with van der Waals surface area (Å²) in [6.07, 6.45) is -4.46. The third-order valence-electron chi connectivity index (χ3n) is 3.00. The second-order valence-electron chi connectivity index (χ2n) is 4.33. The fourth-order valence-corrected chi connectivity index (χ4v) is 2.79. The molecule has 0 fully saturated rings. The number of alkyl halides is 4. The van der Waals surface area contributed by atoms with Crippen molar-refractivity contribution in [1.29, 1.82) is 0 Å². The van der Waals surface area contributed by atoms with Gasteiger partial charge in [0, 0.05) is 10.0 Å². The molecule has 0 aromatic heterocycles. The first-order chi connectivity index (χ1) is 9.84. The Hall–Kier alpha value is -1.20. The molecule has 0 aliphatic carbocycles. The molecule has 0 N–H and O–H groups in total. The van der Waals surface area contributed by atoms with Gasteiger partial charge in [-0.15, -0.1) is 11.6 Å². The second-order valence-corrected chi connectivity index (χ2v) is 5.69. The number of rotatable bonds is 3. The van der Waals surface area contributed by atoms with Crippen LogP contribution in [0.1, 0.15) is 22.1 Å². The molecule has 0 aliphatic rings. The lowest BCUT2D eigenvalue weighted by Gasteiger charge is -2.19. The number of halogens is 5. The van der Waals surface area contributed by atoms with Gasteiger partial charge in [0.25, 0.3) is 0 Å². The number of hydrogen-bond donors (Lipinski definition) is 0. The Morgan fingerprint density at radius 2 is 1.76 bits per heavy atom. The van der Waals surface area contributed by atoms with Crippen molar-refractivity contribution in [3.05, 3.63) is 63.6 Å². The lowest BCUT2D eigenvalue weighted by atomic mass is 9.98. The van der Waals surface area contributed by atoms with Crippen LogP contribution in [0.2, 0.25) is 0 Å². The molecule has 21 heavy (non-hydrogen) atoms. The van der Waals surface area contributed by atoms with E-state index in [1.807, 2.05) is 0 Å². The van der Waals surface area contributed by atoms with E-state index < -0.39 is 17.1 Å². The Morgan fingerprint density at radius 3 is 2.38 bits per heavy atom. The molecular weight excluding hydrogens is 369 g/mol. The van der Waals surface area contributed by atoms with Gasteiger partial charge >= 0.3 is 6.18 Å². The summed E-state index contributed by atoms with van der Waals surface area (Å²) in [5, 5.41) is -0.963. The fourth-order valence-electron chi connectivity index (χ4n) is 2.05. The Balaban J connectivity index is 2.56. The van der Waals surface area contributed by atoms with E-state index >= 15 is 0 Å². The molecule has 112 valence electrons. The molecule has 0 amide bonds. The molecule has 0 radical (unpaired) electrons. The summed E-state index contributed by atoms with van der Waals surface area (Å²) in [7, 11) is 1.45. The van der Waals surface area contributed by atoms with Crippen molar-refractivity contribution in [2.45, 2.75) is 11.6 Å². The minimum atomic E-state index is -4.46. The number of ether oxygens (including phenoxy) is 1. The average Bonchev–Trinajstić information content (AvgIpc) is 2.45. The third-order valence-corrected chi connectivity index (χ3v) is 3.97. The molecule has 0 bridgehead atoms. The van der Waals surface area contributed by atoms with E-state index in [1.54, 1.807) is 18.2 Å². The highest BCUT2D eigenvalue weighted by atomic mass is 79.9. The van der Waals surface area contributed by atoms with Gasteiger partial charge in [0.2, 0.25) is 0 Å². The highest BCUT2D eigenvalue weighted by molar-refractivity contribution is 9.10. The molecule has 0 spiro atoms. The molecule has 0 saturated carbocycles. The number of methoxy groups -OCH3 is 1. The largest absolute Gasteiger partial charge is 0.496 e. The van der Waals surface area contributed by atoms with E-state index in [9.17, 15) is 13.2 Å². The Labute approximate surface area is 133 Å². The highest BCUT2D eigenvalue weighted by Crippen LogP contribution is 2.42. The zero-order valence-electron chi connectivity index (χ0n) is 10.9. The van der Waals surface area contributed by atoms with Gasteiger partial charge in [0.15, 0.2) is 0 Å². The van der Waals surface area contributed by atoms with Gasteiger partial charge in [-0.2, -0.15) is 13.2 Å². The van der Waals surface area contributed by atoms with E-state index in [0.717, 1.165) is 6.07 Å². The molecule has 2 aromatic carbocycles. The smallest absolute Gasteiger partial charge is 0.416 e. The van der Waals surface area contributed by atoms with Gasteiger partial charge in [0.1, 0.15) is 5.75 Å². The van der Waals surface area contributed by atoms with Crippen molar-refractivity contribution in [2.75, 3.05) is 7.11 Å². The lowest BCUT2D eigenvalue weighted by Crippen LogP contribution is -2.11. The maximum absolute atomic E-state index is 13.1. The number of hydrogen-bond acceptors (Lipinski definition) is 1. The molecule has 2 rings (SSSR count). The molecule has 0 saturated heterocycles. The molecule has 0 heterocycles. The Morgan fingerprint density at radius 1 is 1.10 bits per heavy atom. The Bertz CT molecular complexity index is 643. The van der Waals surface area contributed by atoms with Crippen LogP contribution in [0.25, 0.3) is 0 Å². The summed E-state index contributed by atoms with van der Waals surface area (Å²) in [5.41, 5.74) is -0.264. The van der Waals surface area contributed by atoms with E-state index in [0.29, 0.717) is 15.8 Å². The van der Waals surface area contributed by atoms with E-state index in [1.165, 1.54) is 25.3 Å². The SMILES string of the molecule is COc1ccc(Br)cc1C(Cl)c1ccccc1C(F)(F)F. The van der Waals surface area contributed by atoms with Crippen LogP contribution in [0.4, 0.5) is 13.2 Å². The van der Waals surface area contributed by atoms with Crippen molar-refractivity contribution >= 4 is 27.5 Å². The third kappa shape index (κ3) is 3.52. The first-order valence-corrected chi connectivity index (χ1v) is 7.21. The quantitative estimate of drug-likeness (QED) is 0.612. The van der Waals surface area contributed by atoms with E-state index in [-0.39, 0.29) is 5.56 Å². The van der Waals surface area contributed by atoms with Gasteiger partial charge < -0.3 is 4.74 Å². The summed E-state index contributed by atoms with van der Waals surface area (Å²) >= 11 is 9.59. The van der Waals surface area contributed by atoms with Gasteiger partial charge in [-0.3, -0.25) is 0 Å². The van der Waals surface area contributed by atoms with Crippen LogP contribution in [-0.4, -0.2) is 7.11 Å². The topological polar surface area (TPSA) is 9.23 Å². The van der Waals surface area contributed by atoms with Crippen molar-refractivity contribution in [2.24, 2.45) is 0 Å². The summed E-state index contributed by atoms with van der Waals surface area (Å²) in [5.74, 6) is 0.440. The zero-order valence-corrected chi connectivity index (χ0v) is 13.3. The standard InChI is InChI=1S/C15H11BrClF3O/c1-21-13-7-6-9(16)8-11(13)14(17)10-4-2-3-5-12(10)15(18,19)20/h2-8,14H,1H3.